The van der Waals surface area contributed by atoms with Gasteiger partial charge in [0.05, 0.1) is 12.2 Å². The summed E-state index contributed by atoms with van der Waals surface area (Å²) in [6.07, 6.45) is 4.65. The van der Waals surface area contributed by atoms with Gasteiger partial charge in [0.1, 0.15) is 5.82 Å². The Morgan fingerprint density at radius 3 is 2.78 bits per heavy atom. The molecule has 0 saturated heterocycles. The first kappa shape index (κ1) is 13.3. The first-order valence-corrected chi connectivity index (χ1v) is 6.51. The summed E-state index contributed by atoms with van der Waals surface area (Å²) in [6.45, 7) is 0.215. The summed E-state index contributed by atoms with van der Waals surface area (Å²) in [5.41, 5.74) is 0.164. The van der Waals surface area contributed by atoms with Crippen LogP contribution < -0.4 is 10.6 Å². The van der Waals surface area contributed by atoms with Crippen molar-refractivity contribution in [1.82, 2.24) is 5.32 Å². The summed E-state index contributed by atoms with van der Waals surface area (Å²) >= 11 is 5.64. The van der Waals surface area contributed by atoms with E-state index in [2.05, 4.69) is 10.6 Å². The van der Waals surface area contributed by atoms with E-state index in [1.165, 1.54) is 25.0 Å². The molecular weight excluding hydrogens is 255 g/mol. The summed E-state index contributed by atoms with van der Waals surface area (Å²) < 4.78 is 13.4. The molecule has 0 bridgehead atoms. The third-order valence-electron chi connectivity index (χ3n) is 3.11. The molecular formula is C13H16ClFN2O. The maximum atomic E-state index is 13.4. The Morgan fingerprint density at radius 2 is 2.11 bits per heavy atom. The van der Waals surface area contributed by atoms with Crippen LogP contribution in [0.15, 0.2) is 18.2 Å². The molecule has 1 aromatic rings. The Bertz CT molecular complexity index is 433. The molecule has 0 unspecified atom stereocenters. The number of anilines is 1. The highest BCUT2D eigenvalue weighted by Crippen LogP contribution is 2.19. The van der Waals surface area contributed by atoms with Crippen molar-refractivity contribution in [3.63, 3.8) is 0 Å². The van der Waals surface area contributed by atoms with Gasteiger partial charge >= 0.3 is 0 Å². The van der Waals surface area contributed by atoms with Crippen LogP contribution in [0.4, 0.5) is 10.1 Å². The second kappa shape index (κ2) is 6.16. The van der Waals surface area contributed by atoms with Crippen molar-refractivity contribution < 1.29 is 9.18 Å². The lowest BCUT2D eigenvalue weighted by atomic mass is 10.2. The van der Waals surface area contributed by atoms with Gasteiger partial charge in [0.15, 0.2) is 0 Å². The van der Waals surface area contributed by atoms with Crippen LogP contribution in [-0.2, 0) is 4.79 Å². The van der Waals surface area contributed by atoms with Gasteiger partial charge in [0, 0.05) is 11.1 Å². The monoisotopic (exact) mass is 270 g/mol. The number of rotatable bonds is 4. The third kappa shape index (κ3) is 3.68. The number of carbonyl (C=O) groups excluding carboxylic acids is 1. The van der Waals surface area contributed by atoms with E-state index >= 15 is 0 Å². The van der Waals surface area contributed by atoms with Crippen LogP contribution in [0.25, 0.3) is 0 Å². The van der Waals surface area contributed by atoms with Crippen molar-refractivity contribution in [2.24, 2.45) is 0 Å². The standard InChI is InChI=1S/C13H16ClFN2O/c14-9-5-6-12(11(15)7-9)17-13(18)8-16-10-3-1-2-4-10/h5-7,10,16H,1-4,8H2,(H,17,18). The molecule has 0 aromatic heterocycles. The predicted molar refractivity (Wildman–Crippen MR) is 70.3 cm³/mol. The molecule has 0 heterocycles. The molecule has 1 aliphatic rings. The summed E-state index contributed by atoms with van der Waals surface area (Å²) in [6, 6.07) is 4.61. The van der Waals surface area contributed by atoms with Gasteiger partial charge in [-0.3, -0.25) is 4.79 Å². The van der Waals surface area contributed by atoms with Gasteiger partial charge < -0.3 is 10.6 Å². The molecule has 2 N–H and O–H groups in total. The Labute approximate surface area is 111 Å². The van der Waals surface area contributed by atoms with E-state index in [-0.39, 0.29) is 18.1 Å². The molecule has 18 heavy (non-hydrogen) atoms. The van der Waals surface area contributed by atoms with Crippen molar-refractivity contribution in [1.29, 1.82) is 0 Å². The van der Waals surface area contributed by atoms with Crippen LogP contribution in [0, 0.1) is 5.82 Å². The molecule has 0 aliphatic heterocycles. The zero-order valence-corrected chi connectivity index (χ0v) is 10.8. The maximum absolute atomic E-state index is 13.4. The van der Waals surface area contributed by atoms with E-state index in [1.807, 2.05) is 0 Å². The second-order valence-corrected chi connectivity index (χ2v) is 4.97. The molecule has 0 radical (unpaired) electrons. The van der Waals surface area contributed by atoms with E-state index in [1.54, 1.807) is 6.07 Å². The van der Waals surface area contributed by atoms with E-state index < -0.39 is 5.82 Å². The molecule has 1 amide bonds. The second-order valence-electron chi connectivity index (χ2n) is 4.53. The first-order valence-electron chi connectivity index (χ1n) is 6.13. The summed E-state index contributed by atoms with van der Waals surface area (Å²) in [5, 5.41) is 6.01. The van der Waals surface area contributed by atoms with E-state index in [0.717, 1.165) is 12.8 Å². The normalized spacial score (nSPS) is 15.9. The highest BCUT2D eigenvalue weighted by molar-refractivity contribution is 6.30. The Kier molecular flexibility index (Phi) is 4.55. The number of carbonyl (C=O) groups is 1. The van der Waals surface area contributed by atoms with E-state index in [9.17, 15) is 9.18 Å². The Hall–Kier alpha value is -1.13. The van der Waals surface area contributed by atoms with Crippen LogP contribution in [-0.4, -0.2) is 18.5 Å². The number of amides is 1. The maximum Gasteiger partial charge on any atom is 0.238 e. The van der Waals surface area contributed by atoms with Crippen LogP contribution in [0.2, 0.25) is 5.02 Å². The lowest BCUT2D eigenvalue weighted by Gasteiger charge is -2.12. The fourth-order valence-corrected chi connectivity index (χ4v) is 2.31. The number of nitrogens with one attached hydrogen (secondary N) is 2. The molecule has 1 aliphatic carbocycles. The quantitative estimate of drug-likeness (QED) is 0.883. The Morgan fingerprint density at radius 1 is 1.39 bits per heavy atom. The van der Waals surface area contributed by atoms with E-state index in [0.29, 0.717) is 11.1 Å². The van der Waals surface area contributed by atoms with Crippen molar-refractivity contribution in [2.45, 2.75) is 31.7 Å². The molecule has 0 spiro atoms. The lowest BCUT2D eigenvalue weighted by Crippen LogP contribution is -2.34. The molecule has 1 fully saturated rings. The predicted octanol–water partition coefficient (Wildman–Crippen LogP) is 2.95. The topological polar surface area (TPSA) is 41.1 Å². The van der Waals surface area contributed by atoms with Crippen molar-refractivity contribution in [3.05, 3.63) is 29.0 Å². The lowest BCUT2D eigenvalue weighted by molar-refractivity contribution is -0.115. The zero-order valence-electron chi connectivity index (χ0n) is 10.0. The van der Waals surface area contributed by atoms with Crippen LogP contribution in [0.5, 0.6) is 0 Å². The molecule has 1 aromatic carbocycles. The first-order chi connectivity index (χ1) is 8.65. The summed E-state index contributed by atoms with van der Waals surface area (Å²) in [4.78, 5) is 11.6. The summed E-state index contributed by atoms with van der Waals surface area (Å²) in [5.74, 6) is -0.750. The molecule has 2 rings (SSSR count). The SMILES string of the molecule is O=C(CNC1CCCC1)Nc1ccc(Cl)cc1F. The third-order valence-corrected chi connectivity index (χ3v) is 3.35. The van der Waals surface area contributed by atoms with Gasteiger partial charge in [-0.15, -0.1) is 0 Å². The van der Waals surface area contributed by atoms with Crippen LogP contribution in [0.3, 0.4) is 0 Å². The minimum absolute atomic E-state index is 0.164. The molecule has 1 saturated carbocycles. The molecule has 0 atom stereocenters. The largest absolute Gasteiger partial charge is 0.322 e. The van der Waals surface area contributed by atoms with Crippen LogP contribution >= 0.6 is 11.6 Å². The minimum atomic E-state index is -0.517. The smallest absolute Gasteiger partial charge is 0.238 e. The average Bonchev–Trinajstić information content (AvgIpc) is 2.83. The number of halogens is 2. The van der Waals surface area contributed by atoms with Crippen LogP contribution in [0.1, 0.15) is 25.7 Å². The minimum Gasteiger partial charge on any atom is -0.322 e. The van der Waals surface area contributed by atoms with Gasteiger partial charge in [-0.2, -0.15) is 0 Å². The van der Waals surface area contributed by atoms with E-state index in [4.69, 9.17) is 11.6 Å². The highest BCUT2D eigenvalue weighted by atomic mass is 35.5. The molecule has 3 nitrogen and oxygen atoms in total. The van der Waals surface area contributed by atoms with Crippen molar-refractivity contribution in [3.8, 4) is 0 Å². The van der Waals surface area contributed by atoms with Gasteiger partial charge in [0.2, 0.25) is 5.91 Å². The molecule has 5 heteroatoms. The Balaban J connectivity index is 1.82. The fourth-order valence-electron chi connectivity index (χ4n) is 2.15. The van der Waals surface area contributed by atoms with Crippen molar-refractivity contribution in [2.75, 3.05) is 11.9 Å². The van der Waals surface area contributed by atoms with Gasteiger partial charge in [-0.25, -0.2) is 4.39 Å². The molecule has 98 valence electrons. The number of hydrogen-bond acceptors (Lipinski definition) is 2. The van der Waals surface area contributed by atoms with Gasteiger partial charge in [-0.1, -0.05) is 24.4 Å². The van der Waals surface area contributed by atoms with Gasteiger partial charge in [0.25, 0.3) is 0 Å². The van der Waals surface area contributed by atoms with Gasteiger partial charge in [-0.05, 0) is 31.0 Å². The zero-order chi connectivity index (χ0) is 13.0. The number of hydrogen-bond donors (Lipinski definition) is 2. The average molecular weight is 271 g/mol. The fraction of sp³-hybridized carbons (Fsp3) is 0.462. The summed E-state index contributed by atoms with van der Waals surface area (Å²) in [7, 11) is 0. The number of benzene rings is 1. The van der Waals surface area contributed by atoms with Crippen molar-refractivity contribution >= 4 is 23.2 Å². The highest BCUT2D eigenvalue weighted by Gasteiger charge is 2.15.